The highest BCUT2D eigenvalue weighted by Crippen LogP contribution is 2.24. The van der Waals surface area contributed by atoms with Crippen LogP contribution in [0.15, 0.2) is 46.9 Å². The molecule has 5 heteroatoms. The molecule has 0 unspecified atom stereocenters. The normalized spacial score (nSPS) is 10.0. The van der Waals surface area contributed by atoms with E-state index in [1.54, 1.807) is 19.2 Å². The molecule has 4 nitrogen and oxygen atoms in total. The van der Waals surface area contributed by atoms with Gasteiger partial charge < -0.3 is 15.4 Å². The maximum Gasteiger partial charge on any atom is 0.243 e. The first-order chi connectivity index (χ1) is 10.1. The molecule has 0 aliphatic carbocycles. The summed E-state index contributed by atoms with van der Waals surface area (Å²) < 4.78 is 6.13. The van der Waals surface area contributed by atoms with E-state index in [4.69, 9.17) is 4.74 Å². The molecule has 2 N–H and O–H groups in total. The van der Waals surface area contributed by atoms with Crippen LogP contribution in [0.1, 0.15) is 5.56 Å². The number of ether oxygens (including phenoxy) is 1. The van der Waals surface area contributed by atoms with Crippen molar-refractivity contribution in [2.75, 3.05) is 24.3 Å². The molecular formula is C16H17BrN2O2. The summed E-state index contributed by atoms with van der Waals surface area (Å²) in [5, 5.41) is 5.94. The molecule has 0 radical (unpaired) electrons. The third-order valence-electron chi connectivity index (χ3n) is 2.94. The predicted molar refractivity (Wildman–Crippen MR) is 89.0 cm³/mol. The van der Waals surface area contributed by atoms with Crippen LogP contribution in [0.5, 0.6) is 5.75 Å². The number of rotatable bonds is 5. The molecule has 0 aliphatic heterocycles. The molecule has 0 fully saturated rings. The van der Waals surface area contributed by atoms with E-state index in [1.165, 1.54) is 0 Å². The van der Waals surface area contributed by atoms with Gasteiger partial charge in [-0.15, -0.1) is 0 Å². The molecule has 0 aliphatic rings. The lowest BCUT2D eigenvalue weighted by atomic mass is 10.2. The van der Waals surface area contributed by atoms with E-state index in [-0.39, 0.29) is 12.5 Å². The SMILES string of the molecule is COc1ccccc1NC(=O)CNc1cc(C)ccc1Br. The van der Waals surface area contributed by atoms with Gasteiger partial charge in [-0.2, -0.15) is 0 Å². The lowest BCUT2D eigenvalue weighted by Crippen LogP contribution is -2.22. The summed E-state index contributed by atoms with van der Waals surface area (Å²) in [6.45, 7) is 2.19. The van der Waals surface area contributed by atoms with Gasteiger partial charge >= 0.3 is 0 Å². The lowest BCUT2D eigenvalue weighted by Gasteiger charge is -2.12. The van der Waals surface area contributed by atoms with Gasteiger partial charge in [-0.3, -0.25) is 4.79 Å². The Bertz CT molecular complexity index is 644. The van der Waals surface area contributed by atoms with Crippen LogP contribution in [-0.2, 0) is 4.79 Å². The van der Waals surface area contributed by atoms with Crippen molar-refractivity contribution in [1.82, 2.24) is 0 Å². The first kappa shape index (κ1) is 15.4. The average Bonchev–Trinajstić information content (AvgIpc) is 2.49. The molecule has 0 aromatic heterocycles. The molecule has 0 saturated heterocycles. The summed E-state index contributed by atoms with van der Waals surface area (Å²) in [6, 6.07) is 13.3. The second kappa shape index (κ2) is 7.13. The van der Waals surface area contributed by atoms with Crippen LogP contribution < -0.4 is 15.4 Å². The van der Waals surface area contributed by atoms with E-state index >= 15 is 0 Å². The second-order valence-electron chi connectivity index (χ2n) is 4.59. The number of carbonyl (C=O) groups is 1. The second-order valence-corrected chi connectivity index (χ2v) is 5.44. The summed E-state index contributed by atoms with van der Waals surface area (Å²) in [6.07, 6.45) is 0. The number of methoxy groups -OCH3 is 1. The van der Waals surface area contributed by atoms with Gasteiger partial charge in [0.05, 0.1) is 19.3 Å². The van der Waals surface area contributed by atoms with Crippen molar-refractivity contribution in [2.24, 2.45) is 0 Å². The Morgan fingerprint density at radius 3 is 2.71 bits per heavy atom. The molecule has 2 rings (SSSR count). The third kappa shape index (κ3) is 4.23. The van der Waals surface area contributed by atoms with Crippen molar-refractivity contribution in [3.8, 4) is 5.75 Å². The van der Waals surface area contributed by atoms with Gasteiger partial charge in [-0.1, -0.05) is 18.2 Å². The van der Waals surface area contributed by atoms with Crippen LogP contribution in [0, 0.1) is 6.92 Å². The maximum atomic E-state index is 12.0. The van der Waals surface area contributed by atoms with E-state index in [1.807, 2.05) is 37.3 Å². The van der Waals surface area contributed by atoms with Gasteiger partial charge in [-0.05, 0) is 52.7 Å². The standard InChI is InChI=1S/C16H17BrN2O2/c1-11-7-8-12(17)14(9-11)18-10-16(20)19-13-5-3-4-6-15(13)21-2/h3-9,18H,10H2,1-2H3,(H,19,20). The van der Waals surface area contributed by atoms with Crippen molar-refractivity contribution < 1.29 is 9.53 Å². The van der Waals surface area contributed by atoms with Crippen LogP contribution in [0.3, 0.4) is 0 Å². The Morgan fingerprint density at radius 2 is 1.95 bits per heavy atom. The summed E-state index contributed by atoms with van der Waals surface area (Å²) >= 11 is 3.46. The average molecular weight is 349 g/mol. The van der Waals surface area contributed by atoms with Gasteiger partial charge in [0, 0.05) is 10.2 Å². The Morgan fingerprint density at radius 1 is 1.19 bits per heavy atom. The molecule has 0 spiro atoms. The summed E-state index contributed by atoms with van der Waals surface area (Å²) in [7, 11) is 1.58. The summed E-state index contributed by atoms with van der Waals surface area (Å²) in [5.74, 6) is 0.510. The topological polar surface area (TPSA) is 50.4 Å². The van der Waals surface area contributed by atoms with Crippen LogP contribution in [0.2, 0.25) is 0 Å². The molecule has 21 heavy (non-hydrogen) atoms. The van der Waals surface area contributed by atoms with Crippen LogP contribution in [0.4, 0.5) is 11.4 Å². The Kier molecular flexibility index (Phi) is 5.22. The fourth-order valence-corrected chi connectivity index (χ4v) is 2.28. The zero-order valence-electron chi connectivity index (χ0n) is 11.9. The third-order valence-corrected chi connectivity index (χ3v) is 3.63. The maximum absolute atomic E-state index is 12.0. The number of hydrogen-bond donors (Lipinski definition) is 2. The largest absolute Gasteiger partial charge is 0.495 e. The van der Waals surface area contributed by atoms with Gasteiger partial charge in [0.2, 0.25) is 5.91 Å². The molecule has 2 aromatic rings. The molecular weight excluding hydrogens is 332 g/mol. The number of halogens is 1. The minimum absolute atomic E-state index is 0.132. The minimum atomic E-state index is -0.132. The molecule has 0 bridgehead atoms. The number of amides is 1. The van der Waals surface area contributed by atoms with E-state index in [0.29, 0.717) is 11.4 Å². The smallest absolute Gasteiger partial charge is 0.243 e. The molecule has 0 saturated carbocycles. The van der Waals surface area contributed by atoms with Crippen molar-refractivity contribution in [3.63, 3.8) is 0 Å². The molecule has 2 aromatic carbocycles. The lowest BCUT2D eigenvalue weighted by molar-refractivity contribution is -0.114. The van der Waals surface area contributed by atoms with Crippen LogP contribution in [0.25, 0.3) is 0 Å². The first-order valence-corrected chi connectivity index (χ1v) is 7.32. The molecule has 1 amide bonds. The van der Waals surface area contributed by atoms with E-state index in [9.17, 15) is 4.79 Å². The Labute approximate surface area is 132 Å². The highest BCUT2D eigenvalue weighted by Gasteiger charge is 2.07. The van der Waals surface area contributed by atoms with E-state index in [0.717, 1.165) is 15.7 Å². The monoisotopic (exact) mass is 348 g/mol. The highest BCUT2D eigenvalue weighted by molar-refractivity contribution is 9.10. The van der Waals surface area contributed by atoms with E-state index in [2.05, 4.69) is 26.6 Å². The summed E-state index contributed by atoms with van der Waals surface area (Å²) in [5.41, 5.74) is 2.69. The van der Waals surface area contributed by atoms with Gasteiger partial charge in [-0.25, -0.2) is 0 Å². The quantitative estimate of drug-likeness (QED) is 0.863. The van der Waals surface area contributed by atoms with Crippen LogP contribution in [-0.4, -0.2) is 19.6 Å². The Balaban J connectivity index is 1.97. The van der Waals surface area contributed by atoms with Crippen LogP contribution >= 0.6 is 15.9 Å². The zero-order valence-corrected chi connectivity index (χ0v) is 13.5. The summed E-state index contributed by atoms with van der Waals surface area (Å²) in [4.78, 5) is 12.0. The van der Waals surface area contributed by atoms with Gasteiger partial charge in [0.1, 0.15) is 5.75 Å². The number of benzene rings is 2. The number of anilines is 2. The van der Waals surface area contributed by atoms with Crippen molar-refractivity contribution in [3.05, 3.63) is 52.5 Å². The minimum Gasteiger partial charge on any atom is -0.495 e. The van der Waals surface area contributed by atoms with Gasteiger partial charge in [0.15, 0.2) is 0 Å². The highest BCUT2D eigenvalue weighted by atomic mass is 79.9. The molecule has 0 heterocycles. The number of hydrogen-bond acceptors (Lipinski definition) is 3. The zero-order chi connectivity index (χ0) is 15.2. The number of carbonyl (C=O) groups excluding carboxylic acids is 1. The number of para-hydroxylation sites is 2. The predicted octanol–water partition coefficient (Wildman–Crippen LogP) is 3.82. The first-order valence-electron chi connectivity index (χ1n) is 6.53. The fraction of sp³-hybridized carbons (Fsp3) is 0.188. The van der Waals surface area contributed by atoms with E-state index < -0.39 is 0 Å². The van der Waals surface area contributed by atoms with Crippen molar-refractivity contribution in [1.29, 1.82) is 0 Å². The van der Waals surface area contributed by atoms with Gasteiger partial charge in [0.25, 0.3) is 0 Å². The van der Waals surface area contributed by atoms with Crippen molar-refractivity contribution in [2.45, 2.75) is 6.92 Å². The number of nitrogens with one attached hydrogen (secondary N) is 2. The van der Waals surface area contributed by atoms with Crippen molar-refractivity contribution >= 4 is 33.2 Å². The Hall–Kier alpha value is -2.01. The number of aryl methyl sites for hydroxylation is 1. The fourth-order valence-electron chi connectivity index (χ4n) is 1.89. The molecule has 110 valence electrons. The molecule has 0 atom stereocenters.